The van der Waals surface area contributed by atoms with Crippen molar-refractivity contribution in [1.82, 2.24) is 0 Å². The molecule has 2 aromatic carbocycles. The number of thioether (sulfide) groups is 1. The van der Waals surface area contributed by atoms with E-state index in [-0.39, 0.29) is 22.6 Å². The monoisotopic (exact) mass is 357 g/mol. The number of carbonyl (C=O) groups is 2. The number of para-hydroxylation sites is 1. The molecule has 0 radical (unpaired) electrons. The predicted octanol–water partition coefficient (Wildman–Crippen LogP) is 4.72. The third kappa shape index (κ3) is 5.10. The van der Waals surface area contributed by atoms with Crippen LogP contribution in [0.15, 0.2) is 47.4 Å². The fourth-order valence-corrected chi connectivity index (χ4v) is 3.20. The highest BCUT2D eigenvalue weighted by molar-refractivity contribution is 8.00. The number of carboxylic acid groups (broad SMARTS) is 1. The molecule has 1 amide bonds. The van der Waals surface area contributed by atoms with Crippen molar-refractivity contribution in [2.24, 2.45) is 0 Å². The topological polar surface area (TPSA) is 66.4 Å². The van der Waals surface area contributed by atoms with Crippen molar-refractivity contribution in [3.63, 3.8) is 0 Å². The summed E-state index contributed by atoms with van der Waals surface area (Å²) in [6.07, 6.45) is 0. The maximum Gasteiger partial charge on any atom is 0.337 e. The van der Waals surface area contributed by atoms with E-state index in [9.17, 15) is 14.7 Å². The van der Waals surface area contributed by atoms with Crippen LogP contribution in [-0.2, 0) is 10.2 Å². The van der Waals surface area contributed by atoms with Gasteiger partial charge in [0.2, 0.25) is 5.91 Å². The van der Waals surface area contributed by atoms with Crippen LogP contribution in [0.1, 0.15) is 42.3 Å². The Balaban J connectivity index is 2.07. The highest BCUT2D eigenvalue weighted by Crippen LogP contribution is 2.29. The predicted molar refractivity (Wildman–Crippen MR) is 103 cm³/mol. The van der Waals surface area contributed by atoms with Gasteiger partial charge in [-0.3, -0.25) is 4.79 Å². The van der Waals surface area contributed by atoms with E-state index in [2.05, 4.69) is 44.3 Å². The van der Waals surface area contributed by atoms with Gasteiger partial charge in [0.1, 0.15) is 0 Å². The lowest BCUT2D eigenvalue weighted by atomic mass is 9.87. The van der Waals surface area contributed by atoms with E-state index in [4.69, 9.17) is 0 Å². The molecule has 25 heavy (non-hydrogen) atoms. The van der Waals surface area contributed by atoms with Gasteiger partial charge in [-0.2, -0.15) is 0 Å². The molecule has 0 spiro atoms. The molecule has 0 bridgehead atoms. The van der Waals surface area contributed by atoms with E-state index in [1.165, 1.54) is 23.4 Å². The Morgan fingerprint density at radius 2 is 1.80 bits per heavy atom. The van der Waals surface area contributed by atoms with E-state index < -0.39 is 5.97 Å². The zero-order valence-electron chi connectivity index (χ0n) is 14.9. The Kier molecular flexibility index (Phi) is 5.90. The van der Waals surface area contributed by atoms with Crippen molar-refractivity contribution in [2.75, 3.05) is 11.1 Å². The van der Waals surface area contributed by atoms with Crippen LogP contribution in [0.2, 0.25) is 0 Å². The fourth-order valence-electron chi connectivity index (χ4n) is 2.33. The molecule has 0 aliphatic rings. The van der Waals surface area contributed by atoms with Crippen LogP contribution in [0.25, 0.3) is 0 Å². The largest absolute Gasteiger partial charge is 0.478 e. The second kappa shape index (κ2) is 7.74. The molecule has 2 rings (SSSR count). The Morgan fingerprint density at radius 3 is 2.44 bits per heavy atom. The maximum absolute atomic E-state index is 12.2. The maximum atomic E-state index is 12.2. The molecule has 0 heterocycles. The third-order valence-electron chi connectivity index (χ3n) is 3.84. The van der Waals surface area contributed by atoms with Crippen LogP contribution in [0.4, 0.5) is 5.69 Å². The highest BCUT2D eigenvalue weighted by atomic mass is 32.2. The zero-order chi connectivity index (χ0) is 18.6. The molecule has 0 aliphatic heterocycles. The van der Waals surface area contributed by atoms with Crippen molar-refractivity contribution in [1.29, 1.82) is 0 Å². The Labute approximate surface area is 152 Å². The third-order valence-corrected chi connectivity index (χ3v) is 5.00. The van der Waals surface area contributed by atoms with Gasteiger partial charge in [0.25, 0.3) is 0 Å². The fraction of sp³-hybridized carbons (Fsp3) is 0.300. The number of amides is 1. The van der Waals surface area contributed by atoms with Crippen LogP contribution in [0.3, 0.4) is 0 Å². The summed E-state index contributed by atoms with van der Waals surface area (Å²) in [6, 6.07) is 12.7. The van der Waals surface area contributed by atoms with Gasteiger partial charge in [-0.1, -0.05) is 45.0 Å². The van der Waals surface area contributed by atoms with Gasteiger partial charge < -0.3 is 10.4 Å². The lowest BCUT2D eigenvalue weighted by Crippen LogP contribution is -2.16. The number of hydrogen-bond donors (Lipinski definition) is 2. The molecule has 132 valence electrons. The van der Waals surface area contributed by atoms with Gasteiger partial charge in [-0.05, 0) is 41.7 Å². The molecular formula is C20H23NO3S. The van der Waals surface area contributed by atoms with Crippen LogP contribution >= 0.6 is 11.8 Å². The number of hydrogen-bond acceptors (Lipinski definition) is 3. The highest BCUT2D eigenvalue weighted by Gasteiger charge is 2.16. The molecule has 0 fully saturated rings. The molecule has 4 nitrogen and oxygen atoms in total. The summed E-state index contributed by atoms with van der Waals surface area (Å²) in [5.41, 5.74) is 2.80. The minimum atomic E-state index is -1.06. The molecule has 0 atom stereocenters. The quantitative estimate of drug-likeness (QED) is 0.760. The average molecular weight is 357 g/mol. The summed E-state index contributed by atoms with van der Waals surface area (Å²) < 4.78 is 0. The minimum Gasteiger partial charge on any atom is -0.478 e. The van der Waals surface area contributed by atoms with Gasteiger partial charge in [0.05, 0.1) is 17.0 Å². The first-order valence-corrected chi connectivity index (χ1v) is 9.03. The molecule has 0 saturated carbocycles. The van der Waals surface area contributed by atoms with E-state index in [0.717, 1.165) is 10.5 Å². The molecule has 2 aromatic rings. The second-order valence-corrected chi connectivity index (χ2v) is 7.94. The van der Waals surface area contributed by atoms with Crippen molar-refractivity contribution in [2.45, 2.75) is 38.0 Å². The van der Waals surface area contributed by atoms with E-state index in [0.29, 0.717) is 5.69 Å². The van der Waals surface area contributed by atoms with Gasteiger partial charge in [0.15, 0.2) is 0 Å². The smallest absolute Gasteiger partial charge is 0.337 e. The van der Waals surface area contributed by atoms with Crippen LogP contribution in [0, 0.1) is 6.92 Å². The summed E-state index contributed by atoms with van der Waals surface area (Å²) in [5.74, 6) is -1.06. The first-order valence-electron chi connectivity index (χ1n) is 8.04. The molecule has 0 unspecified atom stereocenters. The Hall–Kier alpha value is -2.27. The normalized spacial score (nSPS) is 11.2. The number of benzene rings is 2. The standard InChI is InChI=1S/C20H23NO3S/c1-13-9-10-14(20(2,3)4)11-17(13)25-12-18(22)21-16-8-6-5-7-15(16)19(23)24/h5-11H,12H2,1-4H3,(H,21,22)(H,23,24). The molecule has 0 aromatic heterocycles. The van der Waals surface area contributed by atoms with Crippen LogP contribution in [-0.4, -0.2) is 22.7 Å². The second-order valence-electron chi connectivity index (χ2n) is 6.92. The van der Waals surface area contributed by atoms with Gasteiger partial charge in [-0.15, -0.1) is 11.8 Å². The lowest BCUT2D eigenvalue weighted by molar-refractivity contribution is -0.113. The van der Waals surface area contributed by atoms with Gasteiger partial charge >= 0.3 is 5.97 Å². The minimum absolute atomic E-state index is 0.0473. The van der Waals surface area contributed by atoms with E-state index in [1.54, 1.807) is 18.2 Å². The summed E-state index contributed by atoms with van der Waals surface area (Å²) in [7, 11) is 0. The number of carbonyl (C=O) groups excluding carboxylic acids is 1. The number of nitrogens with one attached hydrogen (secondary N) is 1. The summed E-state index contributed by atoms with van der Waals surface area (Å²) in [4.78, 5) is 24.5. The number of anilines is 1. The zero-order valence-corrected chi connectivity index (χ0v) is 15.7. The first kappa shape index (κ1) is 19.1. The van der Waals surface area contributed by atoms with Crippen molar-refractivity contribution < 1.29 is 14.7 Å². The number of rotatable bonds is 5. The number of carboxylic acids is 1. The lowest BCUT2D eigenvalue weighted by Gasteiger charge is -2.20. The van der Waals surface area contributed by atoms with Crippen molar-refractivity contribution in [3.05, 3.63) is 59.2 Å². The van der Waals surface area contributed by atoms with E-state index >= 15 is 0 Å². The average Bonchev–Trinajstić information content (AvgIpc) is 2.53. The SMILES string of the molecule is Cc1ccc(C(C)(C)C)cc1SCC(=O)Nc1ccccc1C(=O)O. The molecule has 2 N–H and O–H groups in total. The van der Waals surface area contributed by atoms with Crippen LogP contribution < -0.4 is 5.32 Å². The molecule has 0 aliphatic carbocycles. The Bertz CT molecular complexity index is 794. The van der Waals surface area contributed by atoms with Gasteiger partial charge in [0, 0.05) is 4.90 Å². The van der Waals surface area contributed by atoms with E-state index in [1.807, 2.05) is 6.92 Å². The van der Waals surface area contributed by atoms with Gasteiger partial charge in [-0.25, -0.2) is 4.79 Å². The number of aryl methyl sites for hydroxylation is 1. The first-order chi connectivity index (χ1) is 11.7. The van der Waals surface area contributed by atoms with Crippen molar-refractivity contribution >= 4 is 29.3 Å². The van der Waals surface area contributed by atoms with Crippen LogP contribution in [0.5, 0.6) is 0 Å². The summed E-state index contributed by atoms with van der Waals surface area (Å²) in [5, 5.41) is 11.9. The molecular weight excluding hydrogens is 334 g/mol. The Morgan fingerprint density at radius 1 is 1.12 bits per heavy atom. The van der Waals surface area contributed by atoms with Crippen molar-refractivity contribution in [3.8, 4) is 0 Å². The number of aromatic carboxylic acids is 1. The summed E-state index contributed by atoms with van der Waals surface area (Å²) >= 11 is 1.46. The molecule has 5 heteroatoms. The molecule has 0 saturated heterocycles. The summed E-state index contributed by atoms with van der Waals surface area (Å²) in [6.45, 7) is 8.48.